The molecule has 0 aliphatic carbocycles. The molecule has 7 heteroatoms. The quantitative estimate of drug-likeness (QED) is 0.878. The molecule has 2 aromatic rings. The van der Waals surface area contributed by atoms with Gasteiger partial charge in [-0.1, -0.05) is 29.3 Å². The number of carbonyl (C=O) groups is 1. The summed E-state index contributed by atoms with van der Waals surface area (Å²) in [7, 11) is 0. The maximum Gasteiger partial charge on any atom is 0.271 e. The molecule has 0 saturated heterocycles. The van der Waals surface area contributed by atoms with Gasteiger partial charge in [0.25, 0.3) is 5.91 Å². The highest BCUT2D eigenvalue weighted by atomic mass is 35.5. The van der Waals surface area contributed by atoms with E-state index < -0.39 is 6.10 Å². The molecule has 1 aromatic carbocycles. The van der Waals surface area contributed by atoms with Gasteiger partial charge in [0.05, 0.1) is 28.0 Å². The lowest BCUT2D eigenvalue weighted by Gasteiger charge is -2.12. The zero-order chi connectivity index (χ0) is 16.1. The maximum absolute atomic E-state index is 11.8. The Morgan fingerprint density at radius 3 is 2.68 bits per heavy atom. The molecule has 1 amide bonds. The number of carbonyl (C=O) groups excluding carboxylic acids is 1. The van der Waals surface area contributed by atoms with E-state index in [1.54, 1.807) is 25.1 Å². The van der Waals surface area contributed by atoms with Gasteiger partial charge in [-0.3, -0.25) is 9.78 Å². The van der Waals surface area contributed by atoms with Crippen LogP contribution in [-0.2, 0) is 0 Å². The zero-order valence-electron chi connectivity index (χ0n) is 11.9. The lowest BCUT2D eigenvalue weighted by Crippen LogP contribution is -2.26. The topological polar surface area (TPSA) is 75.1 Å². The fourth-order valence-electron chi connectivity index (χ4n) is 1.81. The third-order valence-electron chi connectivity index (χ3n) is 3.05. The summed E-state index contributed by atoms with van der Waals surface area (Å²) in [5.74, 6) is -0.325. The van der Waals surface area contributed by atoms with E-state index in [9.17, 15) is 9.90 Å². The van der Waals surface area contributed by atoms with E-state index in [1.807, 2.05) is 0 Å². The summed E-state index contributed by atoms with van der Waals surface area (Å²) in [6.07, 6.45) is 2.56. The van der Waals surface area contributed by atoms with Gasteiger partial charge in [-0.05, 0) is 31.0 Å². The van der Waals surface area contributed by atoms with Crippen LogP contribution in [0.15, 0.2) is 30.6 Å². The largest absolute Gasteiger partial charge is 0.388 e. The Bertz CT molecular complexity index is 662. The third kappa shape index (κ3) is 4.40. The molecule has 0 unspecified atom stereocenters. The predicted molar refractivity (Wildman–Crippen MR) is 85.1 cm³/mol. The number of aliphatic hydroxyl groups excluding tert-OH is 1. The second-order valence-corrected chi connectivity index (χ2v) is 5.59. The van der Waals surface area contributed by atoms with Gasteiger partial charge in [-0.2, -0.15) is 0 Å². The van der Waals surface area contributed by atoms with Crippen molar-refractivity contribution in [2.45, 2.75) is 19.4 Å². The highest BCUT2D eigenvalue weighted by Crippen LogP contribution is 2.26. The van der Waals surface area contributed by atoms with Crippen molar-refractivity contribution < 1.29 is 9.90 Å². The first-order chi connectivity index (χ1) is 10.5. The van der Waals surface area contributed by atoms with Crippen LogP contribution in [0.3, 0.4) is 0 Å². The first-order valence-electron chi connectivity index (χ1n) is 6.67. The molecule has 0 fully saturated rings. The molecule has 0 aliphatic rings. The third-order valence-corrected chi connectivity index (χ3v) is 3.78. The monoisotopic (exact) mass is 339 g/mol. The van der Waals surface area contributed by atoms with E-state index in [1.165, 1.54) is 12.4 Å². The van der Waals surface area contributed by atoms with Gasteiger partial charge in [0.2, 0.25) is 0 Å². The molecule has 1 atom stereocenters. The van der Waals surface area contributed by atoms with Crippen molar-refractivity contribution in [3.63, 3.8) is 0 Å². The molecule has 0 saturated carbocycles. The molecular formula is C15H15Cl2N3O2. The average Bonchev–Trinajstić information content (AvgIpc) is 2.50. The number of benzene rings is 1. The lowest BCUT2D eigenvalue weighted by atomic mass is 10.1. The van der Waals surface area contributed by atoms with Gasteiger partial charge in [-0.15, -0.1) is 0 Å². The normalized spacial score (nSPS) is 12.0. The minimum Gasteiger partial charge on any atom is -0.388 e. The van der Waals surface area contributed by atoms with Crippen LogP contribution in [0.1, 0.15) is 34.3 Å². The Labute approximate surface area is 138 Å². The number of nitrogens with one attached hydrogen (secondary N) is 1. The Hall–Kier alpha value is -1.69. The summed E-state index contributed by atoms with van der Waals surface area (Å²) >= 11 is 11.7. The van der Waals surface area contributed by atoms with E-state index in [2.05, 4.69) is 15.3 Å². The Morgan fingerprint density at radius 1 is 1.27 bits per heavy atom. The molecule has 2 rings (SSSR count). The van der Waals surface area contributed by atoms with Crippen LogP contribution in [0.5, 0.6) is 0 Å². The van der Waals surface area contributed by atoms with Gasteiger partial charge in [0.1, 0.15) is 5.69 Å². The van der Waals surface area contributed by atoms with E-state index >= 15 is 0 Å². The second-order valence-electron chi connectivity index (χ2n) is 4.78. The van der Waals surface area contributed by atoms with E-state index in [4.69, 9.17) is 23.2 Å². The molecule has 2 N–H and O–H groups in total. The number of amides is 1. The molecule has 116 valence electrons. The fraction of sp³-hybridized carbons (Fsp3) is 0.267. The summed E-state index contributed by atoms with van der Waals surface area (Å²) in [6.45, 7) is 2.10. The van der Waals surface area contributed by atoms with Crippen LogP contribution < -0.4 is 5.32 Å². The molecule has 1 aromatic heterocycles. The summed E-state index contributed by atoms with van der Waals surface area (Å²) < 4.78 is 0. The van der Waals surface area contributed by atoms with E-state index in [0.29, 0.717) is 28.6 Å². The number of halogens is 2. The smallest absolute Gasteiger partial charge is 0.271 e. The van der Waals surface area contributed by atoms with Gasteiger partial charge < -0.3 is 10.4 Å². The fourth-order valence-corrected chi connectivity index (χ4v) is 2.12. The van der Waals surface area contributed by atoms with E-state index in [-0.39, 0.29) is 11.6 Å². The van der Waals surface area contributed by atoms with Crippen molar-refractivity contribution >= 4 is 29.1 Å². The van der Waals surface area contributed by atoms with Gasteiger partial charge in [-0.25, -0.2) is 4.98 Å². The molecule has 0 radical (unpaired) electrons. The summed E-state index contributed by atoms with van der Waals surface area (Å²) in [5.41, 5.74) is 1.64. The molecule has 22 heavy (non-hydrogen) atoms. The van der Waals surface area contributed by atoms with Crippen LogP contribution >= 0.6 is 23.2 Å². The maximum atomic E-state index is 11.8. The number of nitrogens with zero attached hydrogens (tertiary/aromatic N) is 2. The average molecular weight is 340 g/mol. The summed E-state index contributed by atoms with van der Waals surface area (Å²) in [4.78, 5) is 19.8. The lowest BCUT2D eigenvalue weighted by molar-refractivity contribution is 0.0937. The molecule has 5 nitrogen and oxygen atoms in total. The van der Waals surface area contributed by atoms with Crippen molar-refractivity contribution in [2.75, 3.05) is 6.54 Å². The van der Waals surface area contributed by atoms with Crippen molar-refractivity contribution in [3.8, 4) is 0 Å². The van der Waals surface area contributed by atoms with Crippen LogP contribution in [-0.4, -0.2) is 27.5 Å². The highest BCUT2D eigenvalue weighted by molar-refractivity contribution is 6.42. The van der Waals surface area contributed by atoms with Gasteiger partial charge >= 0.3 is 0 Å². The van der Waals surface area contributed by atoms with Crippen molar-refractivity contribution in [1.82, 2.24) is 15.3 Å². The number of aromatic nitrogens is 2. The van der Waals surface area contributed by atoms with Crippen molar-refractivity contribution in [2.24, 2.45) is 0 Å². The van der Waals surface area contributed by atoms with Crippen molar-refractivity contribution in [1.29, 1.82) is 0 Å². The first kappa shape index (κ1) is 16.7. The highest BCUT2D eigenvalue weighted by Gasteiger charge is 2.11. The summed E-state index contributed by atoms with van der Waals surface area (Å²) in [5, 5.41) is 13.6. The minimum absolute atomic E-state index is 0.245. The standard InChI is InChI=1S/C15H15Cl2N3O2/c1-9-7-20-13(8-19-9)15(22)18-5-4-14(21)10-2-3-11(16)12(17)6-10/h2-3,6-8,14,21H,4-5H2,1H3,(H,18,22)/t14-/m1/s1. The number of hydrogen-bond acceptors (Lipinski definition) is 4. The molecular weight excluding hydrogens is 325 g/mol. The second kappa shape index (κ2) is 7.54. The zero-order valence-corrected chi connectivity index (χ0v) is 13.4. The number of rotatable bonds is 5. The Balaban J connectivity index is 1.86. The van der Waals surface area contributed by atoms with Gasteiger partial charge in [0.15, 0.2) is 0 Å². The summed E-state index contributed by atoms with van der Waals surface area (Å²) in [6, 6.07) is 4.94. The SMILES string of the molecule is Cc1cnc(C(=O)NCC[C@@H](O)c2ccc(Cl)c(Cl)c2)cn1. The minimum atomic E-state index is -0.737. The Morgan fingerprint density at radius 2 is 2.05 bits per heavy atom. The molecule has 0 spiro atoms. The van der Waals surface area contributed by atoms with E-state index in [0.717, 1.165) is 5.69 Å². The van der Waals surface area contributed by atoms with Crippen LogP contribution in [0.2, 0.25) is 10.0 Å². The molecule has 0 aliphatic heterocycles. The predicted octanol–water partition coefficient (Wildman–Crippen LogP) is 2.95. The number of aryl methyl sites for hydroxylation is 1. The molecule has 0 bridgehead atoms. The molecule has 1 heterocycles. The van der Waals surface area contributed by atoms with Crippen LogP contribution in [0, 0.1) is 6.92 Å². The van der Waals surface area contributed by atoms with Crippen LogP contribution in [0.25, 0.3) is 0 Å². The first-order valence-corrected chi connectivity index (χ1v) is 7.43. The van der Waals surface area contributed by atoms with Crippen LogP contribution in [0.4, 0.5) is 0 Å². The van der Waals surface area contributed by atoms with Crippen molar-refractivity contribution in [3.05, 3.63) is 57.6 Å². The number of hydrogen-bond donors (Lipinski definition) is 2. The Kier molecular flexibility index (Phi) is 5.71. The van der Waals surface area contributed by atoms with Gasteiger partial charge in [0, 0.05) is 12.7 Å². The number of aliphatic hydroxyl groups is 1.